The Morgan fingerprint density at radius 3 is 2.50 bits per heavy atom. The first-order chi connectivity index (χ1) is 12.5. The average Bonchev–Trinajstić information content (AvgIpc) is 3.19. The number of aryl methyl sites for hydroxylation is 2. The molecule has 1 aromatic carbocycles. The van der Waals surface area contributed by atoms with Crippen molar-refractivity contribution in [1.29, 1.82) is 0 Å². The van der Waals surface area contributed by atoms with Gasteiger partial charge in [-0.3, -0.25) is 4.79 Å². The van der Waals surface area contributed by atoms with E-state index in [4.69, 9.17) is 4.74 Å². The third-order valence-corrected chi connectivity index (χ3v) is 4.81. The molecule has 0 aliphatic carbocycles. The number of nitrogens with one attached hydrogen (secondary N) is 1. The molecule has 0 unspecified atom stereocenters. The van der Waals surface area contributed by atoms with Crippen LogP contribution in [0, 0.1) is 20.8 Å². The Kier molecular flexibility index (Phi) is 5.18. The van der Waals surface area contributed by atoms with Crippen LogP contribution in [0.4, 0.5) is 5.69 Å². The van der Waals surface area contributed by atoms with Crippen LogP contribution < -0.4 is 5.32 Å². The third-order valence-electron chi connectivity index (χ3n) is 3.83. The molecule has 0 spiro atoms. The SMILES string of the molecule is Cc1ccc(C(=O)OCC(=O)Nc2c(C)nn(-c3ccccc3)c2C)s1. The van der Waals surface area contributed by atoms with Gasteiger partial charge in [0, 0.05) is 4.88 Å². The summed E-state index contributed by atoms with van der Waals surface area (Å²) in [4.78, 5) is 25.6. The molecule has 3 aromatic rings. The standard InChI is InChI=1S/C19H19N3O3S/c1-12-9-10-16(26-12)19(24)25-11-17(23)20-18-13(2)21-22(14(18)3)15-7-5-4-6-8-15/h4-10H,11H2,1-3H3,(H,20,23). The Labute approximate surface area is 155 Å². The molecule has 134 valence electrons. The van der Waals surface area contributed by atoms with Crippen molar-refractivity contribution < 1.29 is 14.3 Å². The van der Waals surface area contributed by atoms with Gasteiger partial charge in [-0.25, -0.2) is 9.48 Å². The smallest absolute Gasteiger partial charge is 0.348 e. The summed E-state index contributed by atoms with van der Waals surface area (Å²) in [6.45, 7) is 5.26. The number of anilines is 1. The molecule has 1 N–H and O–H groups in total. The topological polar surface area (TPSA) is 73.2 Å². The predicted molar refractivity (Wildman–Crippen MR) is 101 cm³/mol. The molecule has 1 amide bonds. The maximum Gasteiger partial charge on any atom is 0.348 e. The summed E-state index contributed by atoms with van der Waals surface area (Å²) >= 11 is 1.34. The highest BCUT2D eigenvalue weighted by molar-refractivity contribution is 7.13. The monoisotopic (exact) mass is 369 g/mol. The van der Waals surface area contributed by atoms with E-state index in [-0.39, 0.29) is 6.61 Å². The summed E-state index contributed by atoms with van der Waals surface area (Å²) in [5.74, 6) is -0.892. The van der Waals surface area contributed by atoms with E-state index in [9.17, 15) is 9.59 Å². The minimum atomic E-state index is -0.494. The molecule has 0 saturated carbocycles. The van der Waals surface area contributed by atoms with Gasteiger partial charge < -0.3 is 10.1 Å². The van der Waals surface area contributed by atoms with E-state index in [0.29, 0.717) is 16.3 Å². The van der Waals surface area contributed by atoms with E-state index in [0.717, 1.165) is 16.3 Å². The average molecular weight is 369 g/mol. The van der Waals surface area contributed by atoms with Crippen molar-refractivity contribution in [3.8, 4) is 5.69 Å². The van der Waals surface area contributed by atoms with Gasteiger partial charge >= 0.3 is 5.97 Å². The molecule has 2 heterocycles. The van der Waals surface area contributed by atoms with Gasteiger partial charge in [0.1, 0.15) is 4.88 Å². The number of hydrogen-bond donors (Lipinski definition) is 1. The van der Waals surface area contributed by atoms with Crippen molar-refractivity contribution in [3.05, 3.63) is 63.6 Å². The fourth-order valence-electron chi connectivity index (χ4n) is 2.57. The van der Waals surface area contributed by atoms with Crippen molar-refractivity contribution in [2.24, 2.45) is 0 Å². The van der Waals surface area contributed by atoms with Crippen LogP contribution in [-0.4, -0.2) is 28.3 Å². The number of rotatable bonds is 5. The van der Waals surface area contributed by atoms with Crippen molar-refractivity contribution in [2.45, 2.75) is 20.8 Å². The molecule has 6 nitrogen and oxygen atoms in total. The number of carbonyl (C=O) groups excluding carboxylic acids is 2. The van der Waals surface area contributed by atoms with E-state index in [1.54, 1.807) is 10.7 Å². The largest absolute Gasteiger partial charge is 0.451 e. The minimum absolute atomic E-state index is 0.342. The lowest BCUT2D eigenvalue weighted by Crippen LogP contribution is -2.21. The first-order valence-electron chi connectivity index (χ1n) is 8.11. The molecule has 0 radical (unpaired) electrons. The molecule has 3 rings (SSSR count). The van der Waals surface area contributed by atoms with E-state index >= 15 is 0 Å². The van der Waals surface area contributed by atoms with Crippen LogP contribution in [0.3, 0.4) is 0 Å². The Morgan fingerprint density at radius 2 is 1.85 bits per heavy atom. The van der Waals surface area contributed by atoms with Gasteiger partial charge in [0.05, 0.1) is 22.8 Å². The molecular formula is C19H19N3O3S. The van der Waals surface area contributed by atoms with Crippen LogP contribution in [0.1, 0.15) is 25.9 Å². The normalized spacial score (nSPS) is 10.6. The van der Waals surface area contributed by atoms with Gasteiger partial charge in [-0.15, -0.1) is 11.3 Å². The molecule has 2 aromatic heterocycles. The fourth-order valence-corrected chi connectivity index (χ4v) is 3.33. The summed E-state index contributed by atoms with van der Waals surface area (Å²) in [5, 5.41) is 7.26. The number of carbonyl (C=O) groups is 2. The van der Waals surface area contributed by atoms with Crippen molar-refractivity contribution in [3.63, 3.8) is 0 Å². The van der Waals surface area contributed by atoms with E-state index in [2.05, 4.69) is 10.4 Å². The number of hydrogen-bond acceptors (Lipinski definition) is 5. The quantitative estimate of drug-likeness (QED) is 0.697. The Hall–Kier alpha value is -2.93. The van der Waals surface area contributed by atoms with Crippen LogP contribution >= 0.6 is 11.3 Å². The number of para-hydroxylation sites is 1. The summed E-state index contributed by atoms with van der Waals surface area (Å²) in [5.41, 5.74) is 3.04. The third kappa shape index (κ3) is 3.83. The second-order valence-electron chi connectivity index (χ2n) is 5.83. The van der Waals surface area contributed by atoms with E-state index in [1.165, 1.54) is 11.3 Å². The molecule has 0 aliphatic heterocycles. The summed E-state index contributed by atoms with van der Waals surface area (Å²) in [7, 11) is 0. The number of nitrogens with zero attached hydrogens (tertiary/aromatic N) is 2. The highest BCUT2D eigenvalue weighted by atomic mass is 32.1. The van der Waals surface area contributed by atoms with Crippen molar-refractivity contribution in [1.82, 2.24) is 9.78 Å². The number of ether oxygens (including phenoxy) is 1. The van der Waals surface area contributed by atoms with Gasteiger partial charge in [0.15, 0.2) is 6.61 Å². The van der Waals surface area contributed by atoms with Crippen LogP contribution in [0.25, 0.3) is 5.69 Å². The van der Waals surface area contributed by atoms with Crippen LogP contribution in [0.2, 0.25) is 0 Å². The van der Waals surface area contributed by atoms with Gasteiger partial charge in [-0.2, -0.15) is 5.10 Å². The number of thiophene rings is 1. The maximum absolute atomic E-state index is 12.2. The van der Waals surface area contributed by atoms with Gasteiger partial charge in [0.2, 0.25) is 0 Å². The van der Waals surface area contributed by atoms with Crippen molar-refractivity contribution in [2.75, 3.05) is 11.9 Å². The Balaban J connectivity index is 1.66. The molecular weight excluding hydrogens is 350 g/mol. The molecule has 0 aliphatic rings. The number of benzene rings is 1. The molecule has 0 bridgehead atoms. The molecule has 7 heteroatoms. The second-order valence-corrected chi connectivity index (χ2v) is 7.12. The van der Waals surface area contributed by atoms with Gasteiger partial charge in [-0.1, -0.05) is 18.2 Å². The summed E-state index contributed by atoms with van der Waals surface area (Å²) < 4.78 is 6.85. The summed E-state index contributed by atoms with van der Waals surface area (Å²) in [6, 6.07) is 13.2. The highest BCUT2D eigenvalue weighted by Crippen LogP contribution is 2.22. The first kappa shape index (κ1) is 17.9. The fraction of sp³-hybridized carbons (Fsp3) is 0.211. The zero-order valence-electron chi connectivity index (χ0n) is 14.8. The first-order valence-corrected chi connectivity index (χ1v) is 8.92. The maximum atomic E-state index is 12.2. The highest BCUT2D eigenvalue weighted by Gasteiger charge is 2.17. The lowest BCUT2D eigenvalue weighted by Gasteiger charge is -2.07. The molecule has 0 saturated heterocycles. The molecule has 0 atom stereocenters. The van der Waals surface area contributed by atoms with E-state index in [1.807, 2.05) is 57.2 Å². The molecule has 26 heavy (non-hydrogen) atoms. The summed E-state index contributed by atoms with van der Waals surface area (Å²) in [6.07, 6.45) is 0. The van der Waals surface area contributed by atoms with Crippen molar-refractivity contribution >= 4 is 28.9 Å². The Bertz CT molecular complexity index is 944. The van der Waals surface area contributed by atoms with Gasteiger partial charge in [0.25, 0.3) is 5.91 Å². The zero-order chi connectivity index (χ0) is 18.7. The predicted octanol–water partition coefficient (Wildman–Crippen LogP) is 3.65. The second kappa shape index (κ2) is 7.53. The number of amides is 1. The Morgan fingerprint density at radius 1 is 1.12 bits per heavy atom. The zero-order valence-corrected chi connectivity index (χ0v) is 15.6. The number of esters is 1. The van der Waals surface area contributed by atoms with Crippen LogP contribution in [0.15, 0.2) is 42.5 Å². The van der Waals surface area contributed by atoms with Crippen LogP contribution in [-0.2, 0) is 9.53 Å². The lowest BCUT2D eigenvalue weighted by molar-refractivity contribution is -0.119. The lowest BCUT2D eigenvalue weighted by atomic mass is 10.3. The van der Waals surface area contributed by atoms with Crippen LogP contribution in [0.5, 0.6) is 0 Å². The number of aromatic nitrogens is 2. The minimum Gasteiger partial charge on any atom is -0.451 e. The molecule has 0 fully saturated rings. The van der Waals surface area contributed by atoms with Gasteiger partial charge in [-0.05, 0) is 45.0 Å². The van der Waals surface area contributed by atoms with E-state index < -0.39 is 11.9 Å².